The van der Waals surface area contributed by atoms with Gasteiger partial charge in [0.25, 0.3) is 5.56 Å². The van der Waals surface area contributed by atoms with Crippen LogP contribution in [0.1, 0.15) is 0 Å². The second kappa shape index (κ2) is 2.10. The summed E-state index contributed by atoms with van der Waals surface area (Å²) in [6, 6.07) is 1.92. The highest BCUT2D eigenvalue weighted by atomic mass is 32.1. The number of aromatic nitrogens is 1. The van der Waals surface area contributed by atoms with Crippen LogP contribution in [-0.2, 0) is 0 Å². The number of anilines is 1. The first kappa shape index (κ1) is 6.42. The van der Waals surface area contributed by atoms with Gasteiger partial charge in [0.1, 0.15) is 5.69 Å². The fraction of sp³-hybridized carbons (Fsp3) is 0. The third-order valence-electron chi connectivity index (χ3n) is 1.54. The smallest absolute Gasteiger partial charge is 0.272 e. The maximum Gasteiger partial charge on any atom is 0.272 e. The molecule has 4 heteroatoms. The maximum absolute atomic E-state index is 11.0. The average molecular weight is 166 g/mol. The van der Waals surface area contributed by atoms with Crippen LogP contribution in [0.15, 0.2) is 22.4 Å². The number of H-pyrrole nitrogens is 1. The molecule has 0 spiro atoms. The average Bonchev–Trinajstić information content (AvgIpc) is 2.45. The number of nitrogens with two attached hydrogens (primary N) is 1. The predicted octanol–water partition coefficient (Wildman–Crippen LogP) is 1.17. The second-order valence-electron chi connectivity index (χ2n) is 2.24. The largest absolute Gasteiger partial charge is 0.393 e. The van der Waals surface area contributed by atoms with E-state index in [-0.39, 0.29) is 5.56 Å². The Morgan fingerprint density at radius 1 is 1.55 bits per heavy atom. The molecule has 0 saturated carbocycles. The van der Waals surface area contributed by atoms with Gasteiger partial charge in [-0.2, -0.15) is 0 Å². The van der Waals surface area contributed by atoms with Crippen molar-refractivity contribution < 1.29 is 0 Å². The Hall–Kier alpha value is -1.29. The fourth-order valence-electron chi connectivity index (χ4n) is 0.976. The van der Waals surface area contributed by atoms with E-state index in [2.05, 4.69) is 4.98 Å². The zero-order valence-electron chi connectivity index (χ0n) is 5.63. The van der Waals surface area contributed by atoms with Crippen molar-refractivity contribution >= 4 is 27.1 Å². The molecule has 0 saturated heterocycles. The molecule has 2 aromatic heterocycles. The van der Waals surface area contributed by atoms with Gasteiger partial charge in [0, 0.05) is 11.6 Å². The molecule has 3 N–H and O–H groups in total. The summed E-state index contributed by atoms with van der Waals surface area (Å²) in [5, 5.41) is 2.90. The van der Waals surface area contributed by atoms with Gasteiger partial charge in [-0.25, -0.2) is 0 Å². The van der Waals surface area contributed by atoms with Gasteiger partial charge >= 0.3 is 0 Å². The van der Waals surface area contributed by atoms with E-state index < -0.39 is 0 Å². The summed E-state index contributed by atoms with van der Waals surface area (Å²) in [4.78, 5) is 13.5. The number of fused-ring (bicyclic) bond motifs is 1. The van der Waals surface area contributed by atoms with Crippen LogP contribution in [0.5, 0.6) is 0 Å². The quantitative estimate of drug-likeness (QED) is 0.617. The van der Waals surface area contributed by atoms with Crippen molar-refractivity contribution in [2.45, 2.75) is 0 Å². The SMILES string of the molecule is Nc1c(=O)[nH]cc2ccsc12. The molecule has 0 bridgehead atoms. The lowest BCUT2D eigenvalue weighted by molar-refractivity contribution is 1.28. The first-order valence-corrected chi connectivity index (χ1v) is 4.01. The van der Waals surface area contributed by atoms with Gasteiger partial charge in [0.05, 0.1) is 4.70 Å². The lowest BCUT2D eigenvalue weighted by Gasteiger charge is -1.91. The van der Waals surface area contributed by atoms with Crippen LogP contribution in [0.4, 0.5) is 5.69 Å². The van der Waals surface area contributed by atoms with E-state index >= 15 is 0 Å². The maximum atomic E-state index is 11.0. The minimum atomic E-state index is -0.208. The molecule has 0 aliphatic carbocycles. The Labute approximate surface area is 66.5 Å². The monoisotopic (exact) mass is 166 g/mol. The highest BCUT2D eigenvalue weighted by Crippen LogP contribution is 2.22. The van der Waals surface area contributed by atoms with E-state index in [0.717, 1.165) is 10.1 Å². The van der Waals surface area contributed by atoms with Crippen LogP contribution < -0.4 is 11.3 Å². The molecule has 0 amide bonds. The number of rotatable bonds is 0. The third-order valence-corrected chi connectivity index (χ3v) is 2.51. The van der Waals surface area contributed by atoms with E-state index in [1.54, 1.807) is 6.20 Å². The molecular formula is C7H6N2OS. The van der Waals surface area contributed by atoms with E-state index in [4.69, 9.17) is 5.73 Å². The lowest BCUT2D eigenvalue weighted by Crippen LogP contribution is -2.09. The molecule has 0 unspecified atom stereocenters. The zero-order chi connectivity index (χ0) is 7.84. The summed E-state index contributed by atoms with van der Waals surface area (Å²) in [5.41, 5.74) is 5.64. The minimum Gasteiger partial charge on any atom is -0.393 e. The highest BCUT2D eigenvalue weighted by molar-refractivity contribution is 7.17. The lowest BCUT2D eigenvalue weighted by atomic mass is 10.3. The van der Waals surface area contributed by atoms with Crippen LogP contribution in [0.3, 0.4) is 0 Å². The Morgan fingerprint density at radius 3 is 3.18 bits per heavy atom. The van der Waals surface area contributed by atoms with Crippen LogP contribution >= 0.6 is 11.3 Å². The summed E-state index contributed by atoms with van der Waals surface area (Å²) in [6.07, 6.45) is 1.67. The molecule has 0 aliphatic heterocycles. The molecule has 0 atom stereocenters. The number of pyridine rings is 1. The topological polar surface area (TPSA) is 58.9 Å². The summed E-state index contributed by atoms with van der Waals surface area (Å²) in [7, 11) is 0. The zero-order valence-corrected chi connectivity index (χ0v) is 6.44. The van der Waals surface area contributed by atoms with Gasteiger partial charge in [-0.15, -0.1) is 11.3 Å². The highest BCUT2D eigenvalue weighted by Gasteiger charge is 2.01. The van der Waals surface area contributed by atoms with E-state index in [9.17, 15) is 4.79 Å². The molecule has 0 aliphatic rings. The molecule has 56 valence electrons. The third kappa shape index (κ3) is 0.832. The van der Waals surface area contributed by atoms with Crippen LogP contribution in [0.2, 0.25) is 0 Å². The van der Waals surface area contributed by atoms with Crippen molar-refractivity contribution in [3.05, 3.63) is 28.0 Å². The Bertz CT molecular complexity index is 443. The van der Waals surface area contributed by atoms with Crippen molar-refractivity contribution in [2.75, 3.05) is 5.73 Å². The Kier molecular flexibility index (Phi) is 1.22. The molecule has 2 rings (SSSR count). The standard InChI is InChI=1S/C7H6N2OS/c8-5-6-4(1-2-11-6)3-9-7(5)10/h1-3H,8H2,(H,9,10). The summed E-state index contributed by atoms with van der Waals surface area (Å²) in [5.74, 6) is 0. The molecule has 0 radical (unpaired) electrons. The van der Waals surface area contributed by atoms with Gasteiger partial charge in [0.2, 0.25) is 0 Å². The molecule has 3 nitrogen and oxygen atoms in total. The molecule has 2 heterocycles. The van der Waals surface area contributed by atoms with E-state index in [1.807, 2.05) is 11.4 Å². The van der Waals surface area contributed by atoms with Crippen molar-refractivity contribution in [3.63, 3.8) is 0 Å². The van der Waals surface area contributed by atoms with Gasteiger partial charge in [-0.3, -0.25) is 4.79 Å². The molecule has 0 aromatic carbocycles. The van der Waals surface area contributed by atoms with Crippen molar-refractivity contribution in [1.29, 1.82) is 0 Å². The first-order valence-electron chi connectivity index (χ1n) is 3.13. The van der Waals surface area contributed by atoms with Gasteiger partial charge in [0.15, 0.2) is 0 Å². The van der Waals surface area contributed by atoms with Crippen LogP contribution in [0, 0.1) is 0 Å². The van der Waals surface area contributed by atoms with E-state index in [0.29, 0.717) is 5.69 Å². The molecule has 0 fully saturated rings. The summed E-state index contributed by atoms with van der Waals surface area (Å²) in [6.45, 7) is 0. The minimum absolute atomic E-state index is 0.208. The number of thiophene rings is 1. The van der Waals surface area contributed by atoms with Crippen molar-refractivity contribution in [1.82, 2.24) is 4.98 Å². The number of nitrogen functional groups attached to an aromatic ring is 1. The molecular weight excluding hydrogens is 160 g/mol. The molecule has 11 heavy (non-hydrogen) atoms. The number of hydrogen-bond acceptors (Lipinski definition) is 3. The van der Waals surface area contributed by atoms with Crippen molar-refractivity contribution in [3.8, 4) is 0 Å². The first-order chi connectivity index (χ1) is 5.29. The van der Waals surface area contributed by atoms with Gasteiger partial charge < -0.3 is 10.7 Å². The van der Waals surface area contributed by atoms with Gasteiger partial charge in [-0.05, 0) is 11.4 Å². The van der Waals surface area contributed by atoms with Gasteiger partial charge in [-0.1, -0.05) is 0 Å². The Morgan fingerprint density at radius 2 is 2.36 bits per heavy atom. The normalized spacial score (nSPS) is 10.5. The second-order valence-corrected chi connectivity index (χ2v) is 3.15. The van der Waals surface area contributed by atoms with Crippen LogP contribution in [0.25, 0.3) is 10.1 Å². The van der Waals surface area contributed by atoms with Crippen molar-refractivity contribution in [2.24, 2.45) is 0 Å². The number of nitrogens with one attached hydrogen (secondary N) is 1. The summed E-state index contributed by atoms with van der Waals surface area (Å²) < 4.78 is 0.869. The fourth-order valence-corrected chi connectivity index (χ4v) is 1.81. The molecule has 2 aromatic rings. The van der Waals surface area contributed by atoms with E-state index in [1.165, 1.54) is 11.3 Å². The number of aromatic amines is 1. The predicted molar refractivity (Wildman–Crippen MR) is 46.9 cm³/mol. The Balaban J connectivity index is 3.04. The number of hydrogen-bond donors (Lipinski definition) is 2. The van der Waals surface area contributed by atoms with Crippen LogP contribution in [-0.4, -0.2) is 4.98 Å². The summed E-state index contributed by atoms with van der Waals surface area (Å²) >= 11 is 1.48.